The van der Waals surface area contributed by atoms with Crippen LogP contribution in [-0.4, -0.2) is 92.2 Å². The third-order valence-electron chi connectivity index (χ3n) is 10.9. The van der Waals surface area contributed by atoms with Crippen LogP contribution in [0, 0.1) is 5.82 Å². The minimum absolute atomic E-state index is 0.0567. The van der Waals surface area contributed by atoms with Crippen LogP contribution in [0.2, 0.25) is 0 Å². The zero-order valence-corrected chi connectivity index (χ0v) is 29.1. The summed E-state index contributed by atoms with van der Waals surface area (Å²) in [5, 5.41) is 24.1. The predicted molar refractivity (Wildman–Crippen MR) is 196 cm³/mol. The summed E-state index contributed by atoms with van der Waals surface area (Å²) in [6.45, 7) is 2.54. The number of phenols is 1. The number of hydrogen-bond acceptors (Lipinski definition) is 12. The number of para-hydroxylation sites is 1. The molecule has 3 atom stereocenters. The fourth-order valence-electron chi connectivity index (χ4n) is 8.12. The van der Waals surface area contributed by atoms with Crippen LogP contribution in [0.4, 0.5) is 27.5 Å². The minimum Gasteiger partial charge on any atom is -0.507 e. The molecule has 4 aliphatic rings. The first-order chi connectivity index (χ1) is 25.7. The van der Waals surface area contributed by atoms with Crippen molar-refractivity contribution in [3.8, 4) is 17.0 Å². The van der Waals surface area contributed by atoms with E-state index in [2.05, 4.69) is 30.6 Å². The molecule has 2 aromatic carbocycles. The van der Waals surface area contributed by atoms with Gasteiger partial charge in [0.15, 0.2) is 5.82 Å². The summed E-state index contributed by atoms with van der Waals surface area (Å²) in [6, 6.07) is 15.2. The highest BCUT2D eigenvalue weighted by molar-refractivity contribution is 6.01. The smallest absolute Gasteiger partial charge is 0.249 e. The highest BCUT2D eigenvalue weighted by Crippen LogP contribution is 2.38. The Morgan fingerprint density at radius 1 is 0.981 bits per heavy atom. The molecule has 14 nitrogen and oxygen atoms in total. The molecule has 0 unspecified atom stereocenters. The van der Waals surface area contributed by atoms with Gasteiger partial charge in [-0.05, 0) is 74.1 Å². The van der Waals surface area contributed by atoms with Gasteiger partial charge in [-0.25, -0.2) is 14.4 Å². The number of hydrogen-bond donors (Lipinski definition) is 4. The van der Waals surface area contributed by atoms with E-state index in [9.17, 15) is 19.5 Å². The molecule has 0 saturated carbocycles. The van der Waals surface area contributed by atoms with Crippen LogP contribution in [0.5, 0.6) is 5.75 Å². The topological polar surface area (TPSA) is 183 Å². The van der Waals surface area contributed by atoms with Crippen LogP contribution in [0.15, 0.2) is 60.8 Å². The summed E-state index contributed by atoms with van der Waals surface area (Å²) in [4.78, 5) is 52.9. The first-order valence-electron chi connectivity index (χ1n) is 18.1. The van der Waals surface area contributed by atoms with Crippen molar-refractivity contribution in [3.05, 3.63) is 77.9 Å². The molecule has 5 N–H and O–H groups in total. The van der Waals surface area contributed by atoms with Gasteiger partial charge in [0.2, 0.25) is 23.7 Å². The molecule has 8 rings (SSSR count). The molecule has 6 heterocycles. The van der Waals surface area contributed by atoms with E-state index in [0.717, 1.165) is 56.1 Å². The number of nitrogens with zero attached hydrogens (tertiary/aromatic N) is 7. The molecule has 15 heteroatoms. The normalized spacial score (nSPS) is 21.8. The molecule has 53 heavy (non-hydrogen) atoms. The Balaban J connectivity index is 0.874. The van der Waals surface area contributed by atoms with Crippen LogP contribution in [0.1, 0.15) is 55.7 Å². The van der Waals surface area contributed by atoms with E-state index in [1.165, 1.54) is 6.07 Å². The van der Waals surface area contributed by atoms with Crippen molar-refractivity contribution in [3.63, 3.8) is 0 Å². The monoisotopic (exact) mass is 720 g/mol. The average Bonchev–Trinajstić information content (AvgIpc) is 3.43. The summed E-state index contributed by atoms with van der Waals surface area (Å²) in [6.07, 6.45) is 5.81. The van der Waals surface area contributed by atoms with Crippen LogP contribution >= 0.6 is 0 Å². The fraction of sp³-hybridized carbons (Fsp3) is 0.395. The summed E-state index contributed by atoms with van der Waals surface area (Å²) in [7, 11) is 0. The van der Waals surface area contributed by atoms with Gasteiger partial charge in [-0.1, -0.05) is 18.2 Å². The van der Waals surface area contributed by atoms with Crippen LogP contribution < -0.4 is 26.2 Å². The van der Waals surface area contributed by atoms with Gasteiger partial charge in [-0.2, -0.15) is 0 Å². The lowest BCUT2D eigenvalue weighted by atomic mass is 9.93. The first kappa shape index (κ1) is 34.2. The van der Waals surface area contributed by atoms with E-state index in [0.29, 0.717) is 47.8 Å². The maximum atomic E-state index is 15.0. The highest BCUT2D eigenvalue weighted by atomic mass is 19.1. The highest BCUT2D eigenvalue weighted by Gasteiger charge is 2.42. The molecule has 4 fully saturated rings. The molecule has 2 bridgehead atoms. The van der Waals surface area contributed by atoms with Crippen molar-refractivity contribution in [2.75, 3.05) is 47.0 Å². The van der Waals surface area contributed by atoms with Gasteiger partial charge in [-0.15, -0.1) is 10.2 Å². The number of anilines is 4. The van der Waals surface area contributed by atoms with Crippen molar-refractivity contribution in [1.82, 2.24) is 30.4 Å². The number of halogens is 1. The van der Waals surface area contributed by atoms with Crippen molar-refractivity contribution in [2.45, 2.75) is 69.0 Å². The van der Waals surface area contributed by atoms with Crippen molar-refractivity contribution < 1.29 is 23.9 Å². The fourth-order valence-corrected chi connectivity index (χ4v) is 8.12. The second-order valence-corrected chi connectivity index (χ2v) is 14.3. The molecule has 3 amide bonds. The van der Waals surface area contributed by atoms with Gasteiger partial charge in [0, 0.05) is 73.7 Å². The summed E-state index contributed by atoms with van der Waals surface area (Å²) in [5.41, 5.74) is 9.97. The van der Waals surface area contributed by atoms with Crippen LogP contribution in [-0.2, 0) is 20.8 Å². The number of carbonyl (C=O) groups is 3. The third kappa shape index (κ3) is 7.02. The number of benzene rings is 2. The van der Waals surface area contributed by atoms with Crippen molar-refractivity contribution in [2.24, 2.45) is 0 Å². The number of amides is 3. The minimum atomic E-state index is -0.616. The van der Waals surface area contributed by atoms with Gasteiger partial charge in [-0.3, -0.25) is 19.7 Å². The molecule has 2 aromatic heterocycles. The second kappa shape index (κ2) is 14.3. The number of nitrogen functional groups attached to an aromatic ring is 1. The number of phenolic OH excluding ortho intramolecular Hbond substituents is 1. The number of fused-ring (bicyclic) bond motifs is 2. The average molecular weight is 721 g/mol. The van der Waals surface area contributed by atoms with Crippen molar-refractivity contribution >= 4 is 40.9 Å². The quantitative estimate of drug-likeness (QED) is 0.195. The molecule has 4 saturated heterocycles. The number of aromatic nitrogens is 4. The van der Waals surface area contributed by atoms with E-state index in [1.807, 2.05) is 30.5 Å². The Morgan fingerprint density at radius 3 is 2.49 bits per heavy atom. The summed E-state index contributed by atoms with van der Waals surface area (Å²) in [5.74, 6) is -0.0277. The summed E-state index contributed by atoms with van der Waals surface area (Å²) >= 11 is 0. The van der Waals surface area contributed by atoms with E-state index in [1.54, 1.807) is 29.2 Å². The molecule has 4 aliphatic heterocycles. The van der Waals surface area contributed by atoms with Crippen molar-refractivity contribution in [1.29, 1.82) is 0 Å². The first-order valence-corrected chi connectivity index (χ1v) is 18.1. The Hall–Kier alpha value is -5.86. The number of piperidine rings is 2. The number of nitrogens with one attached hydrogen (secondary N) is 2. The van der Waals surface area contributed by atoms with Gasteiger partial charge in [0.05, 0.1) is 17.8 Å². The molecular formula is C38H41FN10O4. The number of carbonyl (C=O) groups excluding carboxylic acids is 3. The zero-order chi connectivity index (χ0) is 36.6. The number of aromatic hydroxyl groups is 1. The van der Waals surface area contributed by atoms with E-state index in [4.69, 9.17) is 15.7 Å². The zero-order valence-electron chi connectivity index (χ0n) is 29.1. The van der Waals surface area contributed by atoms with Gasteiger partial charge >= 0.3 is 0 Å². The number of rotatable bonds is 8. The SMILES string of the molecule is Nc1nnc(-c2ccccc2O)cc1N1C[C@H]2CC[C@@H](C1)N2c1nccc(C2CCN(C(=O)Cc3ccc(N[C@H]4CCC(=O)NC4=O)cc3F)CC2)n1. The molecule has 0 radical (unpaired) electrons. The number of nitrogens with two attached hydrogens (primary N) is 1. The Morgan fingerprint density at radius 2 is 1.75 bits per heavy atom. The van der Waals surface area contributed by atoms with Gasteiger partial charge in [0.1, 0.15) is 17.6 Å². The van der Waals surface area contributed by atoms with Gasteiger partial charge in [0.25, 0.3) is 0 Å². The summed E-state index contributed by atoms with van der Waals surface area (Å²) < 4.78 is 15.0. The molecule has 0 spiro atoms. The third-order valence-corrected chi connectivity index (χ3v) is 10.9. The lowest BCUT2D eigenvalue weighted by molar-refractivity contribution is -0.134. The maximum Gasteiger partial charge on any atom is 0.249 e. The van der Waals surface area contributed by atoms with E-state index < -0.39 is 17.8 Å². The molecule has 0 aliphatic carbocycles. The van der Waals surface area contributed by atoms with E-state index >= 15 is 4.39 Å². The number of imide groups is 1. The van der Waals surface area contributed by atoms with Crippen LogP contribution in [0.25, 0.3) is 11.3 Å². The maximum absolute atomic E-state index is 15.0. The molecular weight excluding hydrogens is 679 g/mol. The number of likely N-dealkylation sites (tertiary alicyclic amines) is 1. The lowest BCUT2D eigenvalue weighted by Crippen LogP contribution is -2.54. The van der Waals surface area contributed by atoms with E-state index in [-0.39, 0.29) is 48.4 Å². The van der Waals surface area contributed by atoms with Crippen LogP contribution in [0.3, 0.4) is 0 Å². The Labute approximate surface area is 305 Å². The Kier molecular flexibility index (Phi) is 9.22. The second-order valence-electron chi connectivity index (χ2n) is 14.3. The Bertz CT molecular complexity index is 2040. The largest absolute Gasteiger partial charge is 0.507 e. The predicted octanol–water partition coefficient (Wildman–Crippen LogP) is 3.38. The standard InChI is InChI=1S/C38H41FN10O4/c39-28-18-24(42-30-9-10-34(51)44-37(30)53)6-5-23(28)17-35(52)47-15-12-22(13-16-47)29-11-14-41-38(43-29)49-25-7-8-26(49)21-48(20-25)32-19-31(45-46-36(32)40)27-3-1-2-4-33(27)50/h1-6,11,14,18-19,22,25-26,30,42,50H,7-10,12-13,15-17,20-21H2,(H2,40,46)(H,44,51,53)/t25-,26+,30-/m0/s1. The number of piperazine rings is 1. The van der Waals surface area contributed by atoms with Gasteiger partial charge < -0.3 is 30.9 Å². The lowest BCUT2D eigenvalue weighted by Gasteiger charge is -2.42. The molecule has 4 aromatic rings. The molecule has 274 valence electrons.